The smallest absolute Gasteiger partial charge is 0.342 e. The van der Waals surface area contributed by atoms with Gasteiger partial charge in [-0.05, 0) is 6.92 Å². The fourth-order valence-electron chi connectivity index (χ4n) is 2.95. The molecule has 2 aliphatic rings. The second kappa shape index (κ2) is 5.08. The van der Waals surface area contributed by atoms with Crippen LogP contribution in [0.1, 0.15) is 34.6 Å². The molecule has 0 spiro atoms. The van der Waals surface area contributed by atoms with Gasteiger partial charge in [0, 0.05) is 12.3 Å². The van der Waals surface area contributed by atoms with Crippen molar-refractivity contribution in [3.05, 3.63) is 11.3 Å². The van der Waals surface area contributed by atoms with Crippen molar-refractivity contribution in [1.82, 2.24) is 4.90 Å². The largest absolute Gasteiger partial charge is 0.467 e. The maximum atomic E-state index is 12.7. The third kappa shape index (κ3) is 2.11. The number of hydrogen-bond acceptors (Lipinski definition) is 6. The van der Waals surface area contributed by atoms with Crippen molar-refractivity contribution in [3.63, 3.8) is 0 Å². The third-order valence-electron chi connectivity index (χ3n) is 3.86. The summed E-state index contributed by atoms with van der Waals surface area (Å²) in [5.74, 6) is -1.67. The highest BCUT2D eigenvalue weighted by atomic mass is 16.6. The normalized spacial score (nSPS) is 28.0. The Kier molecular flexibility index (Phi) is 3.81. The average molecular weight is 311 g/mol. The van der Waals surface area contributed by atoms with E-state index in [2.05, 4.69) is 0 Å². The summed E-state index contributed by atoms with van der Waals surface area (Å²) in [5, 5.41) is 0. The molecule has 0 unspecified atom stereocenters. The summed E-state index contributed by atoms with van der Waals surface area (Å²) in [6.07, 6.45) is -0.623. The lowest BCUT2D eigenvalue weighted by atomic mass is 9.91. The lowest BCUT2D eigenvalue weighted by Gasteiger charge is -2.36. The Morgan fingerprint density at radius 2 is 1.95 bits per heavy atom. The standard InChI is InChI=1S/C15H21NO6/c1-8-10(22-9(2)17)15(13(19)20-6)7-21-12(14(3,4)5)16(15)11(8)18/h12H,7H2,1-6H3/t12-,15-/m1/s1. The number of carbonyl (C=O) groups excluding carboxylic acids is 3. The molecule has 1 amide bonds. The predicted octanol–water partition coefficient (Wildman–Crippen LogP) is 0.980. The van der Waals surface area contributed by atoms with Gasteiger partial charge >= 0.3 is 11.9 Å². The van der Waals surface area contributed by atoms with Gasteiger partial charge in [0.05, 0.1) is 19.3 Å². The van der Waals surface area contributed by atoms with Crippen LogP contribution in [0.2, 0.25) is 0 Å². The quantitative estimate of drug-likeness (QED) is 0.707. The number of carbonyl (C=O) groups is 3. The van der Waals surface area contributed by atoms with E-state index in [9.17, 15) is 14.4 Å². The summed E-state index contributed by atoms with van der Waals surface area (Å²) in [6, 6.07) is 0. The van der Waals surface area contributed by atoms with Crippen molar-refractivity contribution in [2.45, 2.75) is 46.4 Å². The van der Waals surface area contributed by atoms with Crippen LogP contribution in [0.15, 0.2) is 11.3 Å². The first-order valence-corrected chi connectivity index (χ1v) is 7.01. The van der Waals surface area contributed by atoms with Crippen LogP contribution in [0.25, 0.3) is 0 Å². The molecule has 0 bridgehead atoms. The Morgan fingerprint density at radius 1 is 1.36 bits per heavy atom. The van der Waals surface area contributed by atoms with Gasteiger partial charge in [0.2, 0.25) is 5.54 Å². The minimum absolute atomic E-state index is 0.00333. The summed E-state index contributed by atoms with van der Waals surface area (Å²) in [4.78, 5) is 37.8. The molecule has 2 aliphatic heterocycles. The van der Waals surface area contributed by atoms with Gasteiger partial charge in [-0.3, -0.25) is 14.5 Å². The molecule has 0 aromatic carbocycles. The molecule has 22 heavy (non-hydrogen) atoms. The number of amides is 1. The number of rotatable bonds is 2. The molecule has 2 atom stereocenters. The summed E-state index contributed by atoms with van der Waals surface area (Å²) >= 11 is 0. The van der Waals surface area contributed by atoms with Gasteiger partial charge in [0.15, 0.2) is 5.76 Å². The van der Waals surface area contributed by atoms with Crippen LogP contribution in [-0.4, -0.2) is 48.2 Å². The highest BCUT2D eigenvalue weighted by Gasteiger charge is 2.66. The van der Waals surface area contributed by atoms with E-state index in [4.69, 9.17) is 14.2 Å². The monoisotopic (exact) mass is 311 g/mol. The van der Waals surface area contributed by atoms with E-state index in [1.165, 1.54) is 25.9 Å². The number of hydrogen-bond donors (Lipinski definition) is 0. The predicted molar refractivity (Wildman–Crippen MR) is 75.3 cm³/mol. The molecule has 0 radical (unpaired) electrons. The zero-order valence-corrected chi connectivity index (χ0v) is 13.7. The Morgan fingerprint density at radius 3 is 2.41 bits per heavy atom. The molecule has 2 heterocycles. The maximum Gasteiger partial charge on any atom is 0.342 e. The van der Waals surface area contributed by atoms with Crippen molar-refractivity contribution in [1.29, 1.82) is 0 Å². The van der Waals surface area contributed by atoms with E-state index in [0.29, 0.717) is 0 Å². The fourth-order valence-corrected chi connectivity index (χ4v) is 2.95. The summed E-state index contributed by atoms with van der Waals surface area (Å²) in [5.41, 5.74) is -1.73. The van der Waals surface area contributed by atoms with Crippen molar-refractivity contribution in [3.8, 4) is 0 Å². The van der Waals surface area contributed by atoms with Crippen LogP contribution >= 0.6 is 0 Å². The molecule has 0 N–H and O–H groups in total. The minimum atomic E-state index is -1.53. The second-order valence-corrected chi connectivity index (χ2v) is 6.60. The van der Waals surface area contributed by atoms with E-state index in [1.807, 2.05) is 20.8 Å². The number of fused-ring (bicyclic) bond motifs is 1. The van der Waals surface area contributed by atoms with Crippen molar-refractivity contribution in [2.75, 3.05) is 13.7 Å². The highest BCUT2D eigenvalue weighted by molar-refractivity contribution is 6.05. The van der Waals surface area contributed by atoms with Gasteiger partial charge in [-0.25, -0.2) is 4.79 Å². The van der Waals surface area contributed by atoms with Crippen LogP contribution in [-0.2, 0) is 28.6 Å². The molecule has 0 aromatic heterocycles. The van der Waals surface area contributed by atoms with Crippen molar-refractivity contribution >= 4 is 17.8 Å². The van der Waals surface area contributed by atoms with Crippen LogP contribution in [0.4, 0.5) is 0 Å². The maximum absolute atomic E-state index is 12.7. The van der Waals surface area contributed by atoms with Crippen LogP contribution in [0.3, 0.4) is 0 Å². The van der Waals surface area contributed by atoms with Crippen LogP contribution < -0.4 is 0 Å². The zero-order valence-electron chi connectivity index (χ0n) is 13.7. The van der Waals surface area contributed by atoms with Gasteiger partial charge in [0.1, 0.15) is 6.23 Å². The molecular formula is C15H21NO6. The molecule has 122 valence electrons. The minimum Gasteiger partial charge on any atom is -0.467 e. The molecule has 0 aliphatic carbocycles. The lowest BCUT2D eigenvalue weighted by Crippen LogP contribution is -2.57. The summed E-state index contributed by atoms with van der Waals surface area (Å²) < 4.78 is 15.8. The summed E-state index contributed by atoms with van der Waals surface area (Å²) in [7, 11) is 1.23. The van der Waals surface area contributed by atoms with Crippen molar-refractivity contribution in [2.24, 2.45) is 5.41 Å². The van der Waals surface area contributed by atoms with E-state index < -0.39 is 29.1 Å². The van der Waals surface area contributed by atoms with E-state index in [-0.39, 0.29) is 23.8 Å². The summed E-state index contributed by atoms with van der Waals surface area (Å²) in [6.45, 7) is 8.35. The van der Waals surface area contributed by atoms with Gasteiger partial charge in [-0.15, -0.1) is 0 Å². The number of nitrogens with zero attached hydrogens (tertiary/aromatic N) is 1. The second-order valence-electron chi connectivity index (χ2n) is 6.60. The first-order valence-electron chi connectivity index (χ1n) is 7.01. The van der Waals surface area contributed by atoms with Crippen molar-refractivity contribution < 1.29 is 28.6 Å². The van der Waals surface area contributed by atoms with Gasteiger partial charge in [0.25, 0.3) is 5.91 Å². The molecule has 1 saturated heterocycles. The SMILES string of the molecule is COC(=O)[C@]12CO[C@H](C(C)(C)C)N1C(=O)C(C)=C2OC(C)=O. The third-order valence-corrected chi connectivity index (χ3v) is 3.86. The molecule has 0 saturated carbocycles. The Balaban J connectivity index is 2.60. The molecular weight excluding hydrogens is 290 g/mol. The number of esters is 2. The van der Waals surface area contributed by atoms with E-state index in [1.54, 1.807) is 0 Å². The first-order chi connectivity index (χ1) is 10.1. The topological polar surface area (TPSA) is 82.1 Å². The number of methoxy groups -OCH3 is 1. The molecule has 2 rings (SSSR count). The molecule has 7 nitrogen and oxygen atoms in total. The van der Waals surface area contributed by atoms with Crippen LogP contribution in [0.5, 0.6) is 0 Å². The first kappa shape index (κ1) is 16.5. The Labute approximate surface area is 129 Å². The Bertz CT molecular complexity index is 573. The van der Waals surface area contributed by atoms with Gasteiger partial charge < -0.3 is 14.2 Å². The van der Waals surface area contributed by atoms with E-state index >= 15 is 0 Å². The molecule has 7 heteroatoms. The highest BCUT2D eigenvalue weighted by Crippen LogP contribution is 2.47. The van der Waals surface area contributed by atoms with Gasteiger partial charge in [-0.1, -0.05) is 20.8 Å². The Hall–Kier alpha value is -1.89. The van der Waals surface area contributed by atoms with Gasteiger partial charge in [-0.2, -0.15) is 0 Å². The molecule has 1 fully saturated rings. The zero-order chi connectivity index (χ0) is 16.9. The van der Waals surface area contributed by atoms with Crippen LogP contribution in [0, 0.1) is 5.41 Å². The van der Waals surface area contributed by atoms with E-state index in [0.717, 1.165) is 0 Å². The number of ether oxygens (including phenoxy) is 3. The lowest BCUT2D eigenvalue weighted by molar-refractivity contribution is -0.160. The average Bonchev–Trinajstić information content (AvgIpc) is 2.90. The molecule has 0 aromatic rings. The fraction of sp³-hybridized carbons (Fsp3) is 0.667.